The summed E-state index contributed by atoms with van der Waals surface area (Å²) in [7, 11) is 0. The molecule has 8 nitrogen and oxygen atoms in total. The highest BCUT2D eigenvalue weighted by atomic mass is 16.4. The topological polar surface area (TPSA) is 103 Å². The van der Waals surface area contributed by atoms with Crippen molar-refractivity contribution in [1.29, 1.82) is 5.26 Å². The normalized spacial score (nSPS) is 23.1. The third kappa shape index (κ3) is 5.15. The van der Waals surface area contributed by atoms with Crippen LogP contribution in [0.15, 0.2) is 53.3 Å². The largest absolute Gasteiger partial charge is 0.424 e. The van der Waals surface area contributed by atoms with E-state index in [9.17, 15) is 0 Å². The lowest BCUT2D eigenvalue weighted by molar-refractivity contribution is 0.290. The van der Waals surface area contributed by atoms with E-state index in [1.54, 1.807) is 18.6 Å². The molecule has 3 aromatic rings. The van der Waals surface area contributed by atoms with Crippen LogP contribution in [0.3, 0.4) is 0 Å². The van der Waals surface area contributed by atoms with Gasteiger partial charge in [-0.15, -0.1) is 0 Å². The van der Waals surface area contributed by atoms with Crippen molar-refractivity contribution >= 4 is 12.0 Å². The maximum atomic E-state index is 8.98. The number of piperidine rings is 1. The van der Waals surface area contributed by atoms with E-state index in [2.05, 4.69) is 36.6 Å². The molecule has 3 atom stereocenters. The molecule has 2 fully saturated rings. The number of oxazole rings is 1. The summed E-state index contributed by atoms with van der Waals surface area (Å²) in [5.74, 6) is 1.48. The maximum Gasteiger partial charge on any atom is 0.295 e. The molecule has 1 saturated heterocycles. The first-order valence-corrected chi connectivity index (χ1v) is 11.8. The predicted molar refractivity (Wildman–Crippen MR) is 127 cm³/mol. The Morgan fingerprint density at radius 3 is 2.52 bits per heavy atom. The zero-order valence-corrected chi connectivity index (χ0v) is 18.7. The maximum absolute atomic E-state index is 8.98. The van der Waals surface area contributed by atoms with Gasteiger partial charge in [-0.3, -0.25) is 0 Å². The zero-order chi connectivity index (χ0) is 22.5. The molecule has 2 aromatic heterocycles. The number of nitrogens with zero attached hydrogens (tertiary/aromatic N) is 5. The van der Waals surface area contributed by atoms with Crippen LogP contribution >= 0.6 is 0 Å². The number of anilines is 2. The first-order valence-electron chi connectivity index (χ1n) is 11.8. The number of rotatable bonds is 6. The van der Waals surface area contributed by atoms with Crippen LogP contribution in [0.2, 0.25) is 0 Å². The summed E-state index contributed by atoms with van der Waals surface area (Å²) in [6.07, 6.45) is 11.9. The molecule has 0 spiro atoms. The van der Waals surface area contributed by atoms with Crippen molar-refractivity contribution in [2.24, 2.45) is 0 Å². The van der Waals surface area contributed by atoms with Gasteiger partial charge in [-0.25, -0.2) is 15.0 Å². The third-order valence-electron chi connectivity index (χ3n) is 6.56. The molecule has 0 radical (unpaired) electrons. The molecule has 5 rings (SSSR count). The Bertz CT molecular complexity index is 1080. The number of nitriles is 1. The van der Waals surface area contributed by atoms with E-state index in [1.165, 1.54) is 12.8 Å². The standard InChI is InChI=1S/C25H29N7O/c26-13-18-14-27-24(28-15-18)32-12-6-9-20(17-32)30-21-10-4-5-11-22(21)31-25-29-16-23(33-25)19-7-2-1-3-8-19/h1-3,7-8,14-16,20-22,30H,4-6,9-12,17H2,(H,29,31). The Kier molecular flexibility index (Phi) is 6.49. The molecule has 1 aliphatic carbocycles. The number of aromatic nitrogens is 3. The van der Waals surface area contributed by atoms with Crippen LogP contribution in [0.5, 0.6) is 0 Å². The van der Waals surface area contributed by atoms with E-state index < -0.39 is 0 Å². The van der Waals surface area contributed by atoms with Gasteiger partial charge < -0.3 is 20.0 Å². The second kappa shape index (κ2) is 10.0. The van der Waals surface area contributed by atoms with Gasteiger partial charge in [0.15, 0.2) is 5.76 Å². The molecule has 170 valence electrons. The lowest BCUT2D eigenvalue weighted by atomic mass is 9.89. The van der Waals surface area contributed by atoms with Gasteiger partial charge in [0.1, 0.15) is 6.07 Å². The van der Waals surface area contributed by atoms with Crippen LogP contribution in [0.25, 0.3) is 11.3 Å². The lowest BCUT2D eigenvalue weighted by Crippen LogP contribution is -2.55. The Balaban J connectivity index is 1.22. The van der Waals surface area contributed by atoms with Crippen molar-refractivity contribution in [3.63, 3.8) is 0 Å². The fourth-order valence-corrected chi connectivity index (χ4v) is 4.88. The van der Waals surface area contributed by atoms with E-state index >= 15 is 0 Å². The van der Waals surface area contributed by atoms with Crippen LogP contribution in [-0.2, 0) is 0 Å². The van der Waals surface area contributed by atoms with Crippen molar-refractivity contribution in [1.82, 2.24) is 20.3 Å². The smallest absolute Gasteiger partial charge is 0.295 e. The van der Waals surface area contributed by atoms with Crippen LogP contribution in [0.4, 0.5) is 12.0 Å². The van der Waals surface area contributed by atoms with Crippen molar-refractivity contribution in [3.8, 4) is 17.4 Å². The number of hydrogen-bond acceptors (Lipinski definition) is 8. The Morgan fingerprint density at radius 1 is 0.939 bits per heavy atom. The summed E-state index contributed by atoms with van der Waals surface area (Å²) < 4.78 is 6.01. The highest BCUT2D eigenvalue weighted by Crippen LogP contribution is 2.27. The van der Waals surface area contributed by atoms with Crippen molar-refractivity contribution in [2.45, 2.75) is 56.7 Å². The Labute approximate surface area is 194 Å². The SMILES string of the molecule is N#Cc1cnc(N2CCCC(NC3CCCCC3Nc3ncc(-c4ccccc4)o3)C2)nc1. The Hall–Kier alpha value is -3.44. The van der Waals surface area contributed by atoms with Crippen molar-refractivity contribution in [2.75, 3.05) is 23.3 Å². The third-order valence-corrected chi connectivity index (χ3v) is 6.56. The first-order chi connectivity index (χ1) is 16.3. The van der Waals surface area contributed by atoms with Gasteiger partial charge in [-0.2, -0.15) is 5.26 Å². The summed E-state index contributed by atoms with van der Waals surface area (Å²) in [6.45, 7) is 1.81. The van der Waals surface area contributed by atoms with Gasteiger partial charge in [0.25, 0.3) is 6.01 Å². The van der Waals surface area contributed by atoms with Gasteiger partial charge >= 0.3 is 0 Å². The summed E-state index contributed by atoms with van der Waals surface area (Å²) in [6, 6.07) is 13.7. The van der Waals surface area contributed by atoms with Crippen molar-refractivity contribution in [3.05, 3.63) is 54.5 Å². The summed E-state index contributed by atoms with van der Waals surface area (Å²) in [5, 5.41) is 16.4. The van der Waals surface area contributed by atoms with E-state index in [4.69, 9.17) is 9.68 Å². The monoisotopic (exact) mass is 443 g/mol. The molecule has 3 heterocycles. The van der Waals surface area contributed by atoms with Crippen LogP contribution < -0.4 is 15.5 Å². The molecule has 1 aromatic carbocycles. The second-order valence-corrected chi connectivity index (χ2v) is 8.87. The molecule has 2 aliphatic rings. The second-order valence-electron chi connectivity index (χ2n) is 8.87. The van der Waals surface area contributed by atoms with Gasteiger partial charge in [-0.05, 0) is 25.7 Å². The molecule has 1 aliphatic heterocycles. The summed E-state index contributed by atoms with van der Waals surface area (Å²) in [5.41, 5.74) is 1.52. The molecular weight excluding hydrogens is 414 g/mol. The molecule has 0 amide bonds. The van der Waals surface area contributed by atoms with Gasteiger partial charge in [-0.1, -0.05) is 43.2 Å². The molecular formula is C25H29N7O. The molecule has 3 unspecified atom stereocenters. The number of nitrogens with one attached hydrogen (secondary N) is 2. The highest BCUT2D eigenvalue weighted by Gasteiger charge is 2.30. The minimum atomic E-state index is 0.280. The van der Waals surface area contributed by atoms with Crippen molar-refractivity contribution < 1.29 is 4.42 Å². The summed E-state index contributed by atoms with van der Waals surface area (Å²) in [4.78, 5) is 15.5. The number of hydrogen-bond donors (Lipinski definition) is 2. The van der Waals surface area contributed by atoms with E-state index in [-0.39, 0.29) is 6.04 Å². The zero-order valence-electron chi connectivity index (χ0n) is 18.7. The number of benzene rings is 1. The fourth-order valence-electron chi connectivity index (χ4n) is 4.88. The van der Waals surface area contributed by atoms with Crippen LogP contribution in [0, 0.1) is 11.3 Å². The molecule has 33 heavy (non-hydrogen) atoms. The lowest BCUT2D eigenvalue weighted by Gasteiger charge is -2.39. The predicted octanol–water partition coefficient (Wildman–Crippen LogP) is 3.98. The molecule has 2 N–H and O–H groups in total. The average molecular weight is 444 g/mol. The Morgan fingerprint density at radius 2 is 1.73 bits per heavy atom. The quantitative estimate of drug-likeness (QED) is 0.590. The van der Waals surface area contributed by atoms with E-state index in [0.717, 1.165) is 50.1 Å². The van der Waals surface area contributed by atoms with Gasteiger partial charge in [0, 0.05) is 36.8 Å². The van der Waals surface area contributed by atoms with Gasteiger partial charge in [0.05, 0.1) is 24.2 Å². The van der Waals surface area contributed by atoms with E-state index in [0.29, 0.717) is 29.6 Å². The van der Waals surface area contributed by atoms with Crippen LogP contribution in [-0.4, -0.2) is 46.2 Å². The minimum Gasteiger partial charge on any atom is -0.424 e. The first kappa shape index (κ1) is 21.4. The van der Waals surface area contributed by atoms with Crippen LogP contribution in [0.1, 0.15) is 44.1 Å². The van der Waals surface area contributed by atoms with E-state index in [1.807, 2.05) is 30.3 Å². The average Bonchev–Trinajstić information content (AvgIpc) is 3.35. The molecule has 0 bridgehead atoms. The minimum absolute atomic E-state index is 0.280. The highest BCUT2D eigenvalue weighted by molar-refractivity contribution is 5.57. The summed E-state index contributed by atoms with van der Waals surface area (Å²) >= 11 is 0. The van der Waals surface area contributed by atoms with Gasteiger partial charge in [0.2, 0.25) is 5.95 Å². The fraction of sp³-hybridized carbons (Fsp3) is 0.440. The molecule has 8 heteroatoms. The molecule has 1 saturated carbocycles.